The number of rotatable bonds is 0. The van der Waals surface area contributed by atoms with Gasteiger partial charge in [-0.05, 0) is 18.6 Å². The molecule has 0 unspecified atom stereocenters. The lowest BCUT2D eigenvalue weighted by molar-refractivity contribution is 1.28. The molecule has 0 N–H and O–H groups in total. The Hall–Kier alpha value is -0.860. The second kappa shape index (κ2) is 3.13. The number of halogens is 2. The van der Waals surface area contributed by atoms with E-state index >= 15 is 0 Å². The molecule has 0 saturated heterocycles. The van der Waals surface area contributed by atoms with Gasteiger partial charge in [-0.1, -0.05) is 23.2 Å². The summed E-state index contributed by atoms with van der Waals surface area (Å²) < 4.78 is 0. The van der Waals surface area contributed by atoms with Gasteiger partial charge in [0.25, 0.3) is 0 Å². The second-order valence-corrected chi connectivity index (χ2v) is 3.53. The predicted octanol–water partition coefficient (Wildman–Crippen LogP) is 3.25. The van der Waals surface area contributed by atoms with E-state index in [1.165, 1.54) is 0 Å². The lowest BCUT2D eigenvalue weighted by atomic mass is 10.2. The summed E-state index contributed by atoms with van der Waals surface area (Å²) in [5, 5.41) is 1.21. The van der Waals surface area contributed by atoms with E-state index in [9.17, 15) is 0 Å². The first-order chi connectivity index (χ1) is 6.20. The smallest absolute Gasteiger partial charge is 0.109 e. The number of aryl methyl sites for hydroxylation is 1. The summed E-state index contributed by atoms with van der Waals surface area (Å²) in [5.41, 5.74) is 2.23. The molecule has 1 aromatic heterocycles. The Kier molecular flexibility index (Phi) is 2.10. The maximum atomic E-state index is 6.04. The summed E-state index contributed by atoms with van der Waals surface area (Å²) in [5.74, 6) is 0. The third-order valence-electron chi connectivity index (χ3n) is 1.82. The van der Waals surface area contributed by atoms with Crippen LogP contribution in [0.4, 0.5) is 0 Å². The monoisotopic (exact) mass is 212 g/mol. The van der Waals surface area contributed by atoms with Crippen LogP contribution in [0.2, 0.25) is 10.0 Å². The fourth-order valence-corrected chi connectivity index (χ4v) is 1.68. The molecular formula is C9H6Cl2N2. The highest BCUT2D eigenvalue weighted by Crippen LogP contribution is 2.29. The van der Waals surface area contributed by atoms with Crippen molar-refractivity contribution in [1.29, 1.82) is 0 Å². The molecule has 0 aliphatic carbocycles. The molecule has 0 spiro atoms. The van der Waals surface area contributed by atoms with Crippen molar-refractivity contribution in [2.75, 3.05) is 0 Å². The average Bonchev–Trinajstić information content (AvgIpc) is 2.15. The predicted molar refractivity (Wildman–Crippen MR) is 54.3 cm³/mol. The molecular weight excluding hydrogens is 207 g/mol. The first kappa shape index (κ1) is 8.73. The maximum Gasteiger partial charge on any atom is 0.109 e. The van der Waals surface area contributed by atoms with Crippen molar-refractivity contribution in [1.82, 2.24) is 9.97 Å². The molecule has 13 heavy (non-hydrogen) atoms. The van der Waals surface area contributed by atoms with Gasteiger partial charge in [-0.25, -0.2) is 0 Å². The van der Waals surface area contributed by atoms with Crippen LogP contribution < -0.4 is 0 Å². The number of benzene rings is 1. The summed E-state index contributed by atoms with van der Waals surface area (Å²) in [6, 6.07) is 1.79. The second-order valence-electron chi connectivity index (χ2n) is 2.74. The zero-order valence-electron chi connectivity index (χ0n) is 6.88. The molecule has 2 nitrogen and oxygen atoms in total. The first-order valence-corrected chi connectivity index (χ1v) is 4.51. The van der Waals surface area contributed by atoms with Crippen LogP contribution in [0.1, 0.15) is 5.56 Å². The average molecular weight is 213 g/mol. The van der Waals surface area contributed by atoms with Gasteiger partial charge < -0.3 is 0 Å². The van der Waals surface area contributed by atoms with E-state index in [1.807, 2.05) is 6.92 Å². The molecule has 1 heterocycles. The number of hydrogen-bond acceptors (Lipinski definition) is 2. The number of hydrogen-bond donors (Lipinski definition) is 0. The Morgan fingerprint density at radius 1 is 1.08 bits per heavy atom. The number of fused-ring (bicyclic) bond motifs is 1. The van der Waals surface area contributed by atoms with E-state index in [1.54, 1.807) is 18.5 Å². The van der Waals surface area contributed by atoms with Crippen molar-refractivity contribution in [3.8, 4) is 0 Å². The largest absolute Gasteiger partial charge is 0.251 e. The van der Waals surface area contributed by atoms with E-state index in [0.29, 0.717) is 21.1 Å². The van der Waals surface area contributed by atoms with Gasteiger partial charge in [0.05, 0.1) is 10.0 Å². The summed E-state index contributed by atoms with van der Waals surface area (Å²) in [7, 11) is 0. The molecule has 0 atom stereocenters. The van der Waals surface area contributed by atoms with Gasteiger partial charge in [0.15, 0.2) is 0 Å². The first-order valence-electron chi connectivity index (χ1n) is 3.75. The zero-order valence-corrected chi connectivity index (χ0v) is 8.39. The summed E-state index contributed by atoms with van der Waals surface area (Å²) in [6.45, 7) is 1.89. The number of nitrogens with zero attached hydrogens (tertiary/aromatic N) is 2. The van der Waals surface area contributed by atoms with Gasteiger partial charge >= 0.3 is 0 Å². The molecule has 2 aromatic rings. The van der Waals surface area contributed by atoms with Gasteiger partial charge in [-0.15, -0.1) is 0 Å². The van der Waals surface area contributed by atoms with Gasteiger partial charge in [-0.2, -0.15) is 0 Å². The molecule has 1 aromatic carbocycles. The Morgan fingerprint density at radius 3 is 2.38 bits per heavy atom. The molecule has 0 bridgehead atoms. The van der Waals surface area contributed by atoms with Gasteiger partial charge in [0.2, 0.25) is 0 Å². The Balaban J connectivity index is 2.97. The highest BCUT2D eigenvalue weighted by atomic mass is 35.5. The molecule has 2 rings (SSSR count). The van der Waals surface area contributed by atoms with Gasteiger partial charge in [-0.3, -0.25) is 9.97 Å². The molecule has 0 aliphatic rings. The Labute approximate surface area is 85.5 Å². The van der Waals surface area contributed by atoms with Crippen LogP contribution in [0.3, 0.4) is 0 Å². The summed E-state index contributed by atoms with van der Waals surface area (Å²) >= 11 is 12.0. The van der Waals surface area contributed by atoms with Crippen LogP contribution in [0.25, 0.3) is 11.0 Å². The lowest BCUT2D eigenvalue weighted by Crippen LogP contribution is -1.87. The topological polar surface area (TPSA) is 25.8 Å². The van der Waals surface area contributed by atoms with E-state index in [4.69, 9.17) is 23.2 Å². The van der Waals surface area contributed by atoms with Crippen LogP contribution in [0, 0.1) is 6.92 Å². The fraction of sp³-hybridized carbons (Fsp3) is 0.111. The van der Waals surface area contributed by atoms with Crippen LogP contribution in [-0.2, 0) is 0 Å². The fourth-order valence-electron chi connectivity index (χ4n) is 1.18. The molecule has 0 radical (unpaired) electrons. The standard InChI is InChI=1S/C9H6Cl2N2/c1-5-4-6(10)8-9(7(5)11)13-3-2-12-8/h2-4H,1H3. The Morgan fingerprint density at radius 2 is 1.69 bits per heavy atom. The van der Waals surface area contributed by atoms with E-state index in [2.05, 4.69) is 9.97 Å². The third kappa shape index (κ3) is 1.36. The third-order valence-corrected chi connectivity index (χ3v) is 2.59. The van der Waals surface area contributed by atoms with Crippen LogP contribution >= 0.6 is 23.2 Å². The van der Waals surface area contributed by atoms with Crippen molar-refractivity contribution >= 4 is 34.2 Å². The molecule has 4 heteroatoms. The molecule has 0 aliphatic heterocycles. The normalized spacial score (nSPS) is 10.7. The lowest BCUT2D eigenvalue weighted by Gasteiger charge is -2.03. The highest BCUT2D eigenvalue weighted by Gasteiger charge is 2.07. The molecule has 0 amide bonds. The van der Waals surface area contributed by atoms with Crippen molar-refractivity contribution in [2.24, 2.45) is 0 Å². The molecule has 66 valence electrons. The van der Waals surface area contributed by atoms with Crippen LogP contribution in [0.5, 0.6) is 0 Å². The quantitative estimate of drug-likeness (QED) is 0.671. The molecule has 0 fully saturated rings. The van der Waals surface area contributed by atoms with Gasteiger partial charge in [0, 0.05) is 12.4 Å². The SMILES string of the molecule is Cc1cc(Cl)c2nccnc2c1Cl. The minimum atomic E-state index is 0.588. The Bertz CT molecular complexity index is 468. The van der Waals surface area contributed by atoms with Crippen LogP contribution in [0.15, 0.2) is 18.5 Å². The summed E-state index contributed by atoms with van der Waals surface area (Å²) in [6.07, 6.45) is 3.20. The van der Waals surface area contributed by atoms with E-state index < -0.39 is 0 Å². The van der Waals surface area contributed by atoms with Crippen molar-refractivity contribution in [3.63, 3.8) is 0 Å². The summed E-state index contributed by atoms with van der Waals surface area (Å²) in [4.78, 5) is 8.23. The van der Waals surface area contributed by atoms with E-state index in [0.717, 1.165) is 5.56 Å². The van der Waals surface area contributed by atoms with E-state index in [-0.39, 0.29) is 0 Å². The van der Waals surface area contributed by atoms with Crippen molar-refractivity contribution < 1.29 is 0 Å². The zero-order chi connectivity index (χ0) is 9.42. The molecule has 0 saturated carbocycles. The van der Waals surface area contributed by atoms with Crippen molar-refractivity contribution in [2.45, 2.75) is 6.92 Å². The van der Waals surface area contributed by atoms with Crippen LogP contribution in [-0.4, -0.2) is 9.97 Å². The minimum absolute atomic E-state index is 0.588. The van der Waals surface area contributed by atoms with Gasteiger partial charge in [0.1, 0.15) is 11.0 Å². The maximum absolute atomic E-state index is 6.04. The number of aromatic nitrogens is 2. The highest BCUT2D eigenvalue weighted by molar-refractivity contribution is 6.39. The van der Waals surface area contributed by atoms with Crippen molar-refractivity contribution in [3.05, 3.63) is 34.1 Å². The minimum Gasteiger partial charge on any atom is -0.251 e.